The van der Waals surface area contributed by atoms with E-state index in [9.17, 15) is 14.4 Å². The Morgan fingerprint density at radius 1 is 1.10 bits per heavy atom. The van der Waals surface area contributed by atoms with Gasteiger partial charge >= 0.3 is 11.9 Å². The van der Waals surface area contributed by atoms with Gasteiger partial charge in [-0.05, 0) is 39.5 Å². The van der Waals surface area contributed by atoms with Crippen molar-refractivity contribution in [3.05, 3.63) is 0 Å². The lowest BCUT2D eigenvalue weighted by atomic mass is 10.0. The fourth-order valence-corrected chi connectivity index (χ4v) is 6.66. The van der Waals surface area contributed by atoms with Crippen LogP contribution in [0.3, 0.4) is 0 Å². The highest BCUT2D eigenvalue weighted by atomic mass is 32.2. The predicted molar refractivity (Wildman–Crippen MR) is 126 cm³/mol. The monoisotopic (exact) mass is 474 g/mol. The van der Waals surface area contributed by atoms with Gasteiger partial charge < -0.3 is 14.4 Å². The Labute approximate surface area is 195 Å². The summed E-state index contributed by atoms with van der Waals surface area (Å²) in [7, 11) is 1.34. The summed E-state index contributed by atoms with van der Waals surface area (Å²) in [6, 6.07) is -1.67. The maximum atomic E-state index is 12.9. The van der Waals surface area contributed by atoms with E-state index >= 15 is 0 Å². The molecule has 7 nitrogen and oxygen atoms in total. The van der Waals surface area contributed by atoms with Crippen LogP contribution in [0.15, 0.2) is 0 Å². The molecule has 9 heteroatoms. The van der Waals surface area contributed by atoms with E-state index in [1.807, 2.05) is 11.8 Å². The van der Waals surface area contributed by atoms with Crippen molar-refractivity contribution in [2.75, 3.05) is 37.5 Å². The first kappa shape index (κ1) is 26.3. The number of hydrogen-bond donors (Lipinski definition) is 1. The van der Waals surface area contributed by atoms with Gasteiger partial charge in [-0.25, -0.2) is 4.79 Å². The zero-order chi connectivity index (χ0) is 22.6. The molecule has 2 rings (SSSR count). The summed E-state index contributed by atoms with van der Waals surface area (Å²) in [5.41, 5.74) is 0. The van der Waals surface area contributed by atoms with E-state index in [1.54, 1.807) is 30.5 Å². The van der Waals surface area contributed by atoms with Gasteiger partial charge in [0.15, 0.2) is 0 Å². The minimum atomic E-state index is -0.586. The van der Waals surface area contributed by atoms with Crippen molar-refractivity contribution in [1.29, 1.82) is 0 Å². The van der Waals surface area contributed by atoms with Crippen LogP contribution in [0.5, 0.6) is 0 Å². The molecule has 2 fully saturated rings. The molecule has 1 aliphatic heterocycles. The molecule has 0 aromatic rings. The van der Waals surface area contributed by atoms with Crippen molar-refractivity contribution in [2.45, 2.75) is 82.2 Å². The smallest absolute Gasteiger partial charge is 0.328 e. The predicted octanol–water partition coefficient (Wildman–Crippen LogP) is 2.86. The molecule has 2 aliphatic rings. The molecule has 1 saturated carbocycles. The van der Waals surface area contributed by atoms with Crippen LogP contribution in [0.1, 0.15) is 58.8 Å². The largest absolute Gasteiger partial charge is 0.467 e. The van der Waals surface area contributed by atoms with Crippen LogP contribution in [-0.4, -0.2) is 83.6 Å². The maximum Gasteiger partial charge on any atom is 0.328 e. The highest BCUT2D eigenvalue weighted by Gasteiger charge is 2.37. The third kappa shape index (κ3) is 8.50. The number of amides is 1. The highest BCUT2D eigenvalue weighted by molar-refractivity contribution is 8.03. The third-order valence-electron chi connectivity index (χ3n) is 5.82. The summed E-state index contributed by atoms with van der Waals surface area (Å²) in [4.78, 5) is 38.9. The van der Waals surface area contributed by atoms with Gasteiger partial charge in [0, 0.05) is 29.1 Å². The van der Waals surface area contributed by atoms with Gasteiger partial charge in [0.1, 0.15) is 12.1 Å². The van der Waals surface area contributed by atoms with E-state index < -0.39 is 18.1 Å². The van der Waals surface area contributed by atoms with Crippen molar-refractivity contribution in [1.82, 2.24) is 10.2 Å². The van der Waals surface area contributed by atoms with E-state index in [0.29, 0.717) is 25.3 Å². The molecule has 1 amide bonds. The minimum absolute atomic E-state index is 0.181. The van der Waals surface area contributed by atoms with Crippen molar-refractivity contribution < 1.29 is 23.9 Å². The summed E-state index contributed by atoms with van der Waals surface area (Å²) in [6.07, 6.45) is 8.09. The lowest BCUT2D eigenvalue weighted by Crippen LogP contribution is -2.54. The van der Waals surface area contributed by atoms with E-state index in [-0.39, 0.29) is 17.8 Å². The summed E-state index contributed by atoms with van der Waals surface area (Å²) >= 11 is 3.76. The summed E-state index contributed by atoms with van der Waals surface area (Å²) in [6.45, 7) is 4.35. The minimum Gasteiger partial charge on any atom is -0.467 e. The maximum absolute atomic E-state index is 12.9. The molecule has 0 aromatic heterocycles. The van der Waals surface area contributed by atoms with Crippen molar-refractivity contribution >= 4 is 41.4 Å². The molecular weight excluding hydrogens is 436 g/mol. The number of carbonyl (C=O) groups is 3. The summed E-state index contributed by atoms with van der Waals surface area (Å²) < 4.78 is 10.1. The van der Waals surface area contributed by atoms with Crippen molar-refractivity contribution in [3.8, 4) is 0 Å². The van der Waals surface area contributed by atoms with Crippen LogP contribution < -0.4 is 5.32 Å². The SMILES string of the molecule is CCOC(=O)[C@H](CSCCSC1CCCCC1)N[C@@H](C)C(=O)N1CCC[C@H]1C(=O)OC. The van der Waals surface area contributed by atoms with Crippen LogP contribution >= 0.6 is 23.5 Å². The van der Waals surface area contributed by atoms with E-state index in [2.05, 4.69) is 5.32 Å². The molecule has 1 heterocycles. The second-order valence-electron chi connectivity index (χ2n) is 8.11. The van der Waals surface area contributed by atoms with Gasteiger partial charge in [0.2, 0.25) is 5.91 Å². The lowest BCUT2D eigenvalue weighted by Gasteiger charge is -2.28. The van der Waals surface area contributed by atoms with Crippen molar-refractivity contribution in [2.24, 2.45) is 0 Å². The van der Waals surface area contributed by atoms with E-state index in [0.717, 1.165) is 23.2 Å². The topological polar surface area (TPSA) is 84.9 Å². The van der Waals surface area contributed by atoms with Crippen LogP contribution in [-0.2, 0) is 23.9 Å². The first-order valence-electron chi connectivity index (χ1n) is 11.5. The number of carbonyl (C=O) groups excluding carboxylic acids is 3. The third-order valence-corrected chi connectivity index (χ3v) is 8.52. The fraction of sp³-hybridized carbons (Fsp3) is 0.864. The molecule has 0 spiro atoms. The Kier molecular flexibility index (Phi) is 12.1. The zero-order valence-electron chi connectivity index (χ0n) is 19.1. The number of hydrogen-bond acceptors (Lipinski definition) is 8. The second kappa shape index (κ2) is 14.3. The van der Waals surface area contributed by atoms with Gasteiger partial charge in [0.05, 0.1) is 19.8 Å². The zero-order valence-corrected chi connectivity index (χ0v) is 20.7. The number of ether oxygens (including phenoxy) is 2. The number of thioether (sulfide) groups is 2. The van der Waals surface area contributed by atoms with Crippen LogP contribution in [0, 0.1) is 0 Å². The van der Waals surface area contributed by atoms with E-state index in [4.69, 9.17) is 9.47 Å². The Hall–Kier alpha value is -0.930. The fourth-order valence-electron chi connectivity index (χ4n) is 4.17. The molecule has 3 atom stereocenters. The molecule has 0 unspecified atom stereocenters. The Morgan fingerprint density at radius 3 is 2.52 bits per heavy atom. The van der Waals surface area contributed by atoms with E-state index in [1.165, 1.54) is 39.2 Å². The van der Waals surface area contributed by atoms with Gasteiger partial charge in [-0.2, -0.15) is 23.5 Å². The number of likely N-dealkylation sites (tertiary alicyclic amines) is 1. The van der Waals surface area contributed by atoms with Gasteiger partial charge in [-0.1, -0.05) is 19.3 Å². The quantitative estimate of drug-likeness (QED) is 0.341. The second-order valence-corrected chi connectivity index (χ2v) is 10.7. The molecule has 31 heavy (non-hydrogen) atoms. The van der Waals surface area contributed by atoms with Crippen LogP contribution in [0.25, 0.3) is 0 Å². The average molecular weight is 475 g/mol. The molecule has 1 aliphatic carbocycles. The summed E-state index contributed by atoms with van der Waals surface area (Å²) in [5.74, 6) is 1.71. The Bertz CT molecular complexity index is 586. The molecular formula is C22H38N2O5S2. The molecule has 0 aromatic carbocycles. The van der Waals surface area contributed by atoms with Crippen LogP contribution in [0.4, 0.5) is 0 Å². The summed E-state index contributed by atoms with van der Waals surface area (Å²) in [5, 5.41) is 3.94. The molecule has 0 bridgehead atoms. The first-order chi connectivity index (χ1) is 15.0. The normalized spacial score (nSPS) is 21.5. The van der Waals surface area contributed by atoms with Gasteiger partial charge in [-0.15, -0.1) is 0 Å². The Balaban J connectivity index is 1.82. The number of nitrogens with one attached hydrogen (secondary N) is 1. The molecule has 0 radical (unpaired) electrons. The van der Waals surface area contributed by atoms with Crippen molar-refractivity contribution in [3.63, 3.8) is 0 Å². The number of rotatable bonds is 12. The average Bonchev–Trinajstić information content (AvgIpc) is 3.27. The molecule has 178 valence electrons. The molecule has 1 saturated heterocycles. The first-order valence-corrected chi connectivity index (χ1v) is 13.7. The number of nitrogens with zero attached hydrogens (tertiary/aromatic N) is 1. The number of esters is 2. The standard InChI is InChI=1S/C22H38N2O5S2/c1-4-29-21(26)18(15-30-13-14-31-17-9-6-5-7-10-17)23-16(2)20(25)24-12-8-11-19(24)22(27)28-3/h16-19,23H,4-15H2,1-3H3/t16-,18-,19-/m0/s1. The Morgan fingerprint density at radius 2 is 1.84 bits per heavy atom. The molecule has 1 N–H and O–H groups in total. The van der Waals surface area contributed by atoms with Gasteiger partial charge in [-0.3, -0.25) is 14.9 Å². The lowest BCUT2D eigenvalue weighted by molar-refractivity contribution is -0.152. The highest BCUT2D eigenvalue weighted by Crippen LogP contribution is 2.28. The number of methoxy groups -OCH3 is 1. The van der Waals surface area contributed by atoms with Crippen LogP contribution in [0.2, 0.25) is 0 Å². The van der Waals surface area contributed by atoms with Gasteiger partial charge in [0.25, 0.3) is 0 Å².